The lowest BCUT2D eigenvalue weighted by molar-refractivity contribution is 0.199. The molecule has 0 aliphatic heterocycles. The summed E-state index contributed by atoms with van der Waals surface area (Å²) in [6.07, 6.45) is 4.85. The monoisotopic (exact) mass is 203 g/mol. The van der Waals surface area contributed by atoms with Crippen molar-refractivity contribution in [2.75, 3.05) is 18.0 Å². The van der Waals surface area contributed by atoms with E-state index in [0.717, 1.165) is 17.8 Å². The molecule has 1 aromatic rings. The van der Waals surface area contributed by atoms with E-state index in [1.54, 1.807) is 6.92 Å². The number of rotatable bonds is 4. The van der Waals surface area contributed by atoms with Crippen molar-refractivity contribution in [1.29, 1.82) is 0 Å². The molecule has 2 heteroatoms. The highest BCUT2D eigenvalue weighted by Crippen LogP contribution is 2.25. The molecule has 1 N–H and O–H groups in total. The lowest BCUT2D eigenvalue weighted by Gasteiger charge is -2.24. The van der Waals surface area contributed by atoms with Crippen LogP contribution in [0.2, 0.25) is 0 Å². The Kier molecular flexibility index (Phi) is 4.20. The van der Waals surface area contributed by atoms with Crippen LogP contribution in [0.5, 0.6) is 0 Å². The zero-order chi connectivity index (χ0) is 11.3. The fourth-order valence-corrected chi connectivity index (χ4v) is 1.61. The lowest BCUT2D eigenvalue weighted by Crippen LogP contribution is -2.24. The van der Waals surface area contributed by atoms with Crippen molar-refractivity contribution in [3.8, 4) is 12.3 Å². The summed E-state index contributed by atoms with van der Waals surface area (Å²) in [7, 11) is 0. The third kappa shape index (κ3) is 2.74. The van der Waals surface area contributed by atoms with Crippen molar-refractivity contribution in [1.82, 2.24) is 0 Å². The van der Waals surface area contributed by atoms with E-state index in [2.05, 4.69) is 17.7 Å². The second-order valence-electron chi connectivity index (χ2n) is 3.45. The molecule has 0 saturated heterocycles. The van der Waals surface area contributed by atoms with Gasteiger partial charge in [0.1, 0.15) is 0 Å². The standard InChI is InChI=1S/C13H17NO/c1-4-10-14(5-2)13-9-7-6-8-12(13)11(3)15/h1,6-9,11,15H,5,10H2,2-3H3/t11-/m0/s1. The number of benzene rings is 1. The summed E-state index contributed by atoms with van der Waals surface area (Å²) in [5, 5.41) is 9.64. The SMILES string of the molecule is C#CCN(CC)c1ccccc1[C@H](C)O. The Labute approximate surface area is 91.5 Å². The summed E-state index contributed by atoms with van der Waals surface area (Å²) in [5.41, 5.74) is 1.95. The van der Waals surface area contributed by atoms with E-state index in [1.807, 2.05) is 24.3 Å². The largest absolute Gasteiger partial charge is 0.389 e. The van der Waals surface area contributed by atoms with E-state index in [4.69, 9.17) is 6.42 Å². The Morgan fingerprint density at radius 3 is 2.67 bits per heavy atom. The van der Waals surface area contributed by atoms with Crippen LogP contribution in [0.3, 0.4) is 0 Å². The number of hydrogen-bond acceptors (Lipinski definition) is 2. The van der Waals surface area contributed by atoms with Crippen LogP contribution in [-0.2, 0) is 0 Å². The summed E-state index contributed by atoms with van der Waals surface area (Å²) in [4.78, 5) is 2.07. The Bertz CT molecular complexity index is 352. The van der Waals surface area contributed by atoms with Gasteiger partial charge in [0.15, 0.2) is 0 Å². The van der Waals surface area contributed by atoms with Crippen LogP contribution in [0, 0.1) is 12.3 Å². The molecule has 0 unspecified atom stereocenters. The molecule has 2 nitrogen and oxygen atoms in total. The van der Waals surface area contributed by atoms with Gasteiger partial charge in [0, 0.05) is 17.8 Å². The molecule has 0 spiro atoms. The van der Waals surface area contributed by atoms with Gasteiger partial charge in [-0.25, -0.2) is 0 Å². The second kappa shape index (κ2) is 5.43. The number of aliphatic hydroxyl groups is 1. The molecule has 0 heterocycles. The van der Waals surface area contributed by atoms with Crippen molar-refractivity contribution in [3.05, 3.63) is 29.8 Å². The molecule has 1 aromatic carbocycles. The van der Waals surface area contributed by atoms with Gasteiger partial charge in [-0.2, -0.15) is 0 Å². The molecule has 0 bridgehead atoms. The van der Waals surface area contributed by atoms with E-state index in [1.165, 1.54) is 0 Å². The highest BCUT2D eigenvalue weighted by Gasteiger charge is 2.11. The Balaban J connectivity index is 3.06. The normalized spacial score (nSPS) is 11.9. The third-order valence-electron chi connectivity index (χ3n) is 2.39. The number of hydrogen-bond donors (Lipinski definition) is 1. The van der Waals surface area contributed by atoms with Crippen LogP contribution in [0.1, 0.15) is 25.5 Å². The van der Waals surface area contributed by atoms with Crippen molar-refractivity contribution in [2.45, 2.75) is 20.0 Å². The first-order valence-corrected chi connectivity index (χ1v) is 5.16. The van der Waals surface area contributed by atoms with E-state index >= 15 is 0 Å². The number of aliphatic hydroxyl groups excluding tert-OH is 1. The zero-order valence-electron chi connectivity index (χ0n) is 9.27. The highest BCUT2D eigenvalue weighted by molar-refractivity contribution is 5.55. The Hall–Kier alpha value is -1.46. The first kappa shape index (κ1) is 11.6. The summed E-state index contributed by atoms with van der Waals surface area (Å²) < 4.78 is 0. The fourth-order valence-electron chi connectivity index (χ4n) is 1.61. The average molecular weight is 203 g/mol. The molecule has 0 radical (unpaired) electrons. The van der Waals surface area contributed by atoms with Gasteiger partial charge in [-0.1, -0.05) is 24.1 Å². The predicted molar refractivity (Wildman–Crippen MR) is 63.8 cm³/mol. The van der Waals surface area contributed by atoms with Crippen LogP contribution in [0.4, 0.5) is 5.69 Å². The fraction of sp³-hybridized carbons (Fsp3) is 0.385. The molecule has 0 aromatic heterocycles. The van der Waals surface area contributed by atoms with Crippen molar-refractivity contribution < 1.29 is 5.11 Å². The van der Waals surface area contributed by atoms with Gasteiger partial charge < -0.3 is 10.0 Å². The molecule has 0 aliphatic rings. The molecular weight excluding hydrogens is 186 g/mol. The quantitative estimate of drug-likeness (QED) is 0.758. The van der Waals surface area contributed by atoms with Gasteiger partial charge in [-0.15, -0.1) is 6.42 Å². The smallest absolute Gasteiger partial charge is 0.0791 e. The first-order chi connectivity index (χ1) is 7.20. The van der Waals surface area contributed by atoms with Crippen molar-refractivity contribution in [3.63, 3.8) is 0 Å². The topological polar surface area (TPSA) is 23.5 Å². The number of anilines is 1. The minimum atomic E-state index is -0.465. The maximum atomic E-state index is 9.64. The van der Waals surface area contributed by atoms with Crippen LogP contribution in [0.25, 0.3) is 0 Å². The Morgan fingerprint density at radius 2 is 2.13 bits per heavy atom. The number of terminal acetylenes is 1. The first-order valence-electron chi connectivity index (χ1n) is 5.16. The number of para-hydroxylation sites is 1. The van der Waals surface area contributed by atoms with Crippen LogP contribution >= 0.6 is 0 Å². The predicted octanol–water partition coefficient (Wildman–Crippen LogP) is 2.20. The van der Waals surface area contributed by atoms with E-state index in [0.29, 0.717) is 6.54 Å². The third-order valence-corrected chi connectivity index (χ3v) is 2.39. The molecule has 1 atom stereocenters. The summed E-state index contributed by atoms with van der Waals surface area (Å²) >= 11 is 0. The van der Waals surface area contributed by atoms with Crippen molar-refractivity contribution >= 4 is 5.69 Å². The molecule has 80 valence electrons. The van der Waals surface area contributed by atoms with Gasteiger partial charge in [0.05, 0.1) is 12.6 Å². The van der Waals surface area contributed by atoms with Crippen molar-refractivity contribution in [2.24, 2.45) is 0 Å². The minimum Gasteiger partial charge on any atom is -0.389 e. The van der Waals surface area contributed by atoms with Crippen LogP contribution in [0.15, 0.2) is 24.3 Å². The Morgan fingerprint density at radius 1 is 1.47 bits per heavy atom. The van der Waals surface area contributed by atoms with E-state index in [-0.39, 0.29) is 0 Å². The maximum Gasteiger partial charge on any atom is 0.0791 e. The lowest BCUT2D eigenvalue weighted by atomic mass is 10.1. The molecule has 0 fully saturated rings. The minimum absolute atomic E-state index is 0.465. The summed E-state index contributed by atoms with van der Waals surface area (Å²) in [6, 6.07) is 7.80. The van der Waals surface area contributed by atoms with Gasteiger partial charge in [0.25, 0.3) is 0 Å². The molecule has 0 aliphatic carbocycles. The van der Waals surface area contributed by atoms with E-state index in [9.17, 15) is 5.11 Å². The molecule has 15 heavy (non-hydrogen) atoms. The maximum absolute atomic E-state index is 9.64. The molecule has 0 saturated carbocycles. The van der Waals surface area contributed by atoms with Gasteiger partial charge in [-0.05, 0) is 19.9 Å². The van der Waals surface area contributed by atoms with Gasteiger partial charge in [-0.3, -0.25) is 0 Å². The molecule has 1 rings (SSSR count). The zero-order valence-corrected chi connectivity index (χ0v) is 9.27. The van der Waals surface area contributed by atoms with E-state index < -0.39 is 6.10 Å². The van der Waals surface area contributed by atoms with Crippen LogP contribution < -0.4 is 4.90 Å². The molecular formula is C13H17NO. The average Bonchev–Trinajstić information content (AvgIpc) is 2.26. The molecule has 0 amide bonds. The summed E-state index contributed by atoms with van der Waals surface area (Å²) in [5.74, 6) is 2.63. The highest BCUT2D eigenvalue weighted by atomic mass is 16.3. The van der Waals surface area contributed by atoms with Gasteiger partial charge >= 0.3 is 0 Å². The number of nitrogens with zero attached hydrogens (tertiary/aromatic N) is 1. The summed E-state index contributed by atoms with van der Waals surface area (Å²) in [6.45, 7) is 5.23. The second-order valence-corrected chi connectivity index (χ2v) is 3.45. The van der Waals surface area contributed by atoms with Crippen LogP contribution in [-0.4, -0.2) is 18.2 Å². The van der Waals surface area contributed by atoms with Gasteiger partial charge in [0.2, 0.25) is 0 Å².